The average Bonchev–Trinajstić information content (AvgIpc) is 2.14. The zero-order chi connectivity index (χ0) is 5.98. The van der Waals surface area contributed by atoms with E-state index in [1.807, 2.05) is 0 Å². The van der Waals surface area contributed by atoms with Gasteiger partial charge in [0.25, 0.3) is 0 Å². The molecule has 0 amide bonds. The Morgan fingerprint density at radius 3 is 2.75 bits per heavy atom. The van der Waals surface area contributed by atoms with Crippen LogP contribution in [-0.4, -0.2) is 20.2 Å². The number of hydrogen-bond acceptors (Lipinski definition) is 4. The summed E-state index contributed by atoms with van der Waals surface area (Å²) in [6, 6.07) is 0. The monoisotopic (exact) mass is 242 g/mol. The molecule has 0 saturated heterocycles. The van der Waals surface area contributed by atoms with Gasteiger partial charge in [-0.3, -0.25) is 0 Å². The first kappa shape index (κ1) is 6.27. The van der Waals surface area contributed by atoms with Crippen molar-refractivity contribution >= 4 is 35.2 Å². The summed E-state index contributed by atoms with van der Waals surface area (Å²) in [6.45, 7) is 0. The van der Waals surface area contributed by atoms with Crippen LogP contribution in [0, 0.1) is 0 Å². The number of nitrogens with zero attached hydrogens (tertiary/aromatic N) is 4. The third kappa shape index (κ3) is 1.10. The maximum atomic E-state index is 3.95. The third-order valence-corrected chi connectivity index (χ3v) is 1.59. The van der Waals surface area contributed by atoms with Crippen LogP contribution in [0.5, 0.6) is 0 Å². The lowest BCUT2D eigenvalue weighted by molar-refractivity contribution is 0.666. The predicted molar refractivity (Wildman–Crippen MR) is 39.1 cm³/mol. The molecule has 0 aromatic carbocycles. The number of halogens is 1. The summed E-state index contributed by atoms with van der Waals surface area (Å²) in [5.41, 5.74) is 0. The molecule has 1 aromatic heterocycles. The van der Waals surface area contributed by atoms with Crippen LogP contribution in [0.2, 0.25) is 0 Å². The maximum absolute atomic E-state index is 3.95. The Morgan fingerprint density at radius 2 is 2.50 bits per heavy atom. The fraction of sp³-hybridized carbons (Fsp3) is 0.500. The van der Waals surface area contributed by atoms with Crippen LogP contribution in [0.3, 0.4) is 0 Å². The fourth-order valence-electron chi connectivity index (χ4n) is 0.277. The van der Waals surface area contributed by atoms with Crippen molar-refractivity contribution in [3.8, 4) is 0 Å². The molecule has 0 aliphatic rings. The molecule has 6 heteroatoms. The van der Waals surface area contributed by atoms with Gasteiger partial charge in [0.2, 0.25) is 5.16 Å². The molecule has 1 rings (SSSR count). The van der Waals surface area contributed by atoms with Crippen molar-refractivity contribution < 1.29 is 0 Å². The topological polar surface area (TPSA) is 43.6 Å². The van der Waals surface area contributed by atoms with Gasteiger partial charge in [0.1, 0.15) is 0 Å². The second-order valence-corrected chi connectivity index (χ2v) is 2.18. The van der Waals surface area contributed by atoms with E-state index < -0.39 is 0 Å². The maximum Gasteiger partial charge on any atom is 0.206 e. The molecule has 0 saturated carbocycles. The predicted octanol–water partition coefficient (Wildman–Crippen LogP) is 0.354. The van der Waals surface area contributed by atoms with Gasteiger partial charge in [-0.25, -0.2) is 4.68 Å². The van der Waals surface area contributed by atoms with E-state index in [4.69, 9.17) is 0 Å². The van der Waals surface area contributed by atoms with Crippen LogP contribution in [0.25, 0.3) is 0 Å². The van der Waals surface area contributed by atoms with E-state index in [9.17, 15) is 0 Å². The van der Waals surface area contributed by atoms with Gasteiger partial charge in [-0.05, 0) is 10.4 Å². The Balaban J connectivity index is 2.92. The molecule has 0 radical (unpaired) electrons. The highest BCUT2D eigenvalue weighted by atomic mass is 127. The number of thiol groups is 1. The zero-order valence-corrected chi connectivity index (χ0v) is 6.87. The molecule has 0 aliphatic heterocycles. The van der Waals surface area contributed by atoms with Gasteiger partial charge in [-0.2, -0.15) is 0 Å². The number of alkyl halides is 1. The summed E-state index contributed by atoms with van der Waals surface area (Å²) in [7, 11) is 0. The molecule has 0 aliphatic carbocycles. The van der Waals surface area contributed by atoms with Gasteiger partial charge in [0.05, 0.1) is 4.55 Å². The van der Waals surface area contributed by atoms with E-state index in [0.29, 0.717) is 5.16 Å². The zero-order valence-electron chi connectivity index (χ0n) is 3.82. The highest BCUT2D eigenvalue weighted by molar-refractivity contribution is 14.1. The van der Waals surface area contributed by atoms with Crippen molar-refractivity contribution in [1.82, 2.24) is 20.2 Å². The molecular weight excluding hydrogens is 239 g/mol. The van der Waals surface area contributed by atoms with E-state index in [2.05, 4.69) is 50.7 Å². The van der Waals surface area contributed by atoms with Crippen LogP contribution in [0.15, 0.2) is 5.16 Å². The van der Waals surface area contributed by atoms with Crippen LogP contribution >= 0.6 is 35.2 Å². The molecule has 0 fully saturated rings. The van der Waals surface area contributed by atoms with E-state index in [1.54, 1.807) is 4.68 Å². The lowest BCUT2D eigenvalue weighted by atomic mass is 11.2. The molecule has 1 heterocycles. The quantitative estimate of drug-likeness (QED) is 0.439. The molecule has 0 unspecified atom stereocenters. The smallest absolute Gasteiger partial charge is 0.206 e. The standard InChI is InChI=1S/C2H3IN4S/c3-1-7-2(8)4-5-6-7/h1H2,(H,4,6,8). The molecule has 8 heavy (non-hydrogen) atoms. The number of rotatable bonds is 1. The third-order valence-electron chi connectivity index (χ3n) is 0.626. The lowest BCUT2D eigenvalue weighted by Gasteiger charge is -1.87. The largest absolute Gasteiger partial charge is 0.211 e. The van der Waals surface area contributed by atoms with E-state index in [0.717, 1.165) is 4.55 Å². The van der Waals surface area contributed by atoms with Crippen LogP contribution in [0.4, 0.5) is 0 Å². The van der Waals surface area contributed by atoms with Crippen LogP contribution in [0.1, 0.15) is 0 Å². The van der Waals surface area contributed by atoms with Gasteiger partial charge >= 0.3 is 0 Å². The van der Waals surface area contributed by atoms with Gasteiger partial charge in [-0.1, -0.05) is 22.6 Å². The molecule has 44 valence electrons. The molecule has 0 atom stereocenters. The first-order valence-electron chi connectivity index (χ1n) is 1.85. The minimum absolute atomic E-state index is 0.555. The van der Waals surface area contributed by atoms with Crippen molar-refractivity contribution in [2.24, 2.45) is 0 Å². The minimum atomic E-state index is 0.555. The van der Waals surface area contributed by atoms with Crippen molar-refractivity contribution in [1.29, 1.82) is 0 Å². The first-order valence-corrected chi connectivity index (χ1v) is 3.83. The Bertz CT molecular complexity index is 174. The van der Waals surface area contributed by atoms with Crippen molar-refractivity contribution in [3.05, 3.63) is 0 Å². The Labute approximate surface area is 65.2 Å². The molecule has 0 N–H and O–H groups in total. The molecular formula is C2H3IN4S. The van der Waals surface area contributed by atoms with Crippen molar-refractivity contribution in [2.45, 2.75) is 9.71 Å². The fourth-order valence-corrected chi connectivity index (χ4v) is 1.16. The summed E-state index contributed by atoms with van der Waals surface area (Å²) in [4.78, 5) is 0. The second-order valence-electron chi connectivity index (χ2n) is 1.10. The van der Waals surface area contributed by atoms with Gasteiger partial charge in [0, 0.05) is 0 Å². The average molecular weight is 242 g/mol. The van der Waals surface area contributed by atoms with Crippen molar-refractivity contribution in [3.63, 3.8) is 0 Å². The Kier molecular flexibility index (Phi) is 2.06. The molecule has 4 nitrogen and oxygen atoms in total. The number of hydrogen-bond donors (Lipinski definition) is 1. The van der Waals surface area contributed by atoms with E-state index >= 15 is 0 Å². The van der Waals surface area contributed by atoms with Crippen LogP contribution < -0.4 is 0 Å². The SMILES string of the molecule is Sc1nnnn1CI. The van der Waals surface area contributed by atoms with Gasteiger partial charge < -0.3 is 0 Å². The van der Waals surface area contributed by atoms with E-state index in [-0.39, 0.29) is 0 Å². The summed E-state index contributed by atoms with van der Waals surface area (Å²) < 4.78 is 2.33. The highest BCUT2D eigenvalue weighted by Gasteiger charge is 1.94. The molecule has 0 spiro atoms. The highest BCUT2D eigenvalue weighted by Crippen LogP contribution is 1.98. The number of aromatic nitrogens is 4. The normalized spacial score (nSPS) is 9.75. The second kappa shape index (κ2) is 2.62. The Morgan fingerprint density at radius 1 is 1.75 bits per heavy atom. The molecule has 0 bridgehead atoms. The first-order chi connectivity index (χ1) is 3.84. The van der Waals surface area contributed by atoms with Gasteiger partial charge in [0.15, 0.2) is 0 Å². The summed E-state index contributed by atoms with van der Waals surface area (Å²) in [5.74, 6) is 0. The number of tetrazole rings is 1. The van der Waals surface area contributed by atoms with E-state index in [1.165, 1.54) is 0 Å². The lowest BCUT2D eigenvalue weighted by Crippen LogP contribution is -1.93. The van der Waals surface area contributed by atoms with Crippen molar-refractivity contribution in [2.75, 3.05) is 0 Å². The minimum Gasteiger partial charge on any atom is -0.211 e. The van der Waals surface area contributed by atoms with Gasteiger partial charge in [-0.15, -0.1) is 17.7 Å². The summed E-state index contributed by atoms with van der Waals surface area (Å²) in [5, 5.41) is 11.1. The summed E-state index contributed by atoms with van der Waals surface area (Å²) in [6.07, 6.45) is 0. The molecule has 1 aromatic rings. The van der Waals surface area contributed by atoms with Crippen LogP contribution in [-0.2, 0) is 4.55 Å². The Hall–Kier alpha value is 0.150. The summed E-state index contributed by atoms with van der Waals surface area (Å²) >= 11 is 6.10.